The van der Waals surface area contributed by atoms with Crippen LogP contribution in [-0.2, 0) is 0 Å². The van der Waals surface area contributed by atoms with Crippen molar-refractivity contribution in [1.82, 2.24) is 14.5 Å². The van der Waals surface area contributed by atoms with E-state index in [2.05, 4.69) is 144 Å². The third kappa shape index (κ3) is 3.45. The minimum absolute atomic E-state index is 0.698. The lowest BCUT2D eigenvalue weighted by molar-refractivity contribution is 1.02. The maximum Gasteiger partial charge on any atom is 0.235 e. The number of hydrogen-bond donors (Lipinski definition) is 0. The summed E-state index contributed by atoms with van der Waals surface area (Å²) in [6.45, 7) is 0. The molecule has 0 radical (unpaired) electrons. The quantitative estimate of drug-likeness (QED) is 0.177. The first-order valence-electron chi connectivity index (χ1n) is 15.8. The van der Waals surface area contributed by atoms with Gasteiger partial charge in [0, 0.05) is 31.8 Å². The van der Waals surface area contributed by atoms with Crippen LogP contribution in [0.2, 0.25) is 0 Å². The first-order valence-corrected chi connectivity index (χ1v) is 17.4. The largest absolute Gasteiger partial charge is 0.276 e. The summed E-state index contributed by atoms with van der Waals surface area (Å²) >= 11 is 3.75. The number of fused-ring (bicyclic) bond motifs is 14. The van der Waals surface area contributed by atoms with Gasteiger partial charge in [-0.3, -0.25) is 4.57 Å². The van der Waals surface area contributed by atoms with Crippen molar-refractivity contribution in [2.24, 2.45) is 0 Å². The predicted molar refractivity (Wildman–Crippen MR) is 203 cm³/mol. The highest BCUT2D eigenvalue weighted by atomic mass is 32.1. The molecule has 0 spiro atoms. The third-order valence-corrected chi connectivity index (χ3v) is 12.2. The SMILES string of the molecule is c1ccc2c(-c3nc(-n4c5ccccc5c5sc6c7ccccc7sc6c54)nc4c5ccccc5c5ccccc5c34)cccc2c1. The minimum atomic E-state index is 0.698. The Labute approximate surface area is 276 Å². The lowest BCUT2D eigenvalue weighted by Gasteiger charge is -2.16. The summed E-state index contributed by atoms with van der Waals surface area (Å²) in [5, 5.41) is 10.7. The Morgan fingerprint density at radius 1 is 0.447 bits per heavy atom. The van der Waals surface area contributed by atoms with E-state index in [1.54, 1.807) is 0 Å². The fourth-order valence-electron chi connectivity index (χ4n) is 7.59. The number of benzene rings is 7. The van der Waals surface area contributed by atoms with Crippen molar-refractivity contribution in [2.45, 2.75) is 0 Å². The van der Waals surface area contributed by atoms with Gasteiger partial charge in [0.15, 0.2) is 0 Å². The van der Waals surface area contributed by atoms with Crippen LogP contribution in [0.5, 0.6) is 0 Å². The van der Waals surface area contributed by atoms with Gasteiger partial charge in [0.2, 0.25) is 5.95 Å². The topological polar surface area (TPSA) is 30.7 Å². The monoisotopic (exact) mass is 633 g/mol. The lowest BCUT2D eigenvalue weighted by Crippen LogP contribution is -2.04. The molecule has 11 aromatic rings. The van der Waals surface area contributed by atoms with Crippen LogP contribution in [0.25, 0.3) is 101 Å². The summed E-state index contributed by atoms with van der Waals surface area (Å²) in [5.74, 6) is 0.698. The number of thiophene rings is 2. The van der Waals surface area contributed by atoms with Crippen LogP contribution in [0.15, 0.2) is 140 Å². The Bertz CT molecular complexity index is 3080. The molecule has 11 rings (SSSR count). The predicted octanol–water partition coefficient (Wildman–Crippen LogP) is 12.3. The highest BCUT2D eigenvalue weighted by molar-refractivity contribution is 7.37. The average molecular weight is 634 g/mol. The van der Waals surface area contributed by atoms with E-state index in [4.69, 9.17) is 9.97 Å². The van der Waals surface area contributed by atoms with Gasteiger partial charge >= 0.3 is 0 Å². The van der Waals surface area contributed by atoms with Crippen LogP contribution >= 0.6 is 22.7 Å². The smallest absolute Gasteiger partial charge is 0.235 e. The fourth-order valence-corrected chi connectivity index (χ4v) is 10.4. The molecule has 0 saturated heterocycles. The molecule has 0 amide bonds. The molecule has 7 aromatic carbocycles. The number of nitrogens with zero attached hydrogens (tertiary/aromatic N) is 3. The number of rotatable bonds is 2. The molecule has 47 heavy (non-hydrogen) atoms. The van der Waals surface area contributed by atoms with Gasteiger partial charge in [-0.2, -0.15) is 0 Å². The van der Waals surface area contributed by atoms with Crippen molar-refractivity contribution < 1.29 is 0 Å². The van der Waals surface area contributed by atoms with Gasteiger partial charge in [-0.25, -0.2) is 9.97 Å². The highest BCUT2D eigenvalue weighted by Gasteiger charge is 2.24. The molecule has 0 atom stereocenters. The Morgan fingerprint density at radius 2 is 1.09 bits per heavy atom. The van der Waals surface area contributed by atoms with Gasteiger partial charge < -0.3 is 0 Å². The van der Waals surface area contributed by atoms with Gasteiger partial charge in [0.1, 0.15) is 0 Å². The molecule has 0 bridgehead atoms. The number of aromatic nitrogens is 3. The zero-order valence-electron chi connectivity index (χ0n) is 24.9. The van der Waals surface area contributed by atoms with Crippen molar-refractivity contribution in [3.8, 4) is 17.2 Å². The molecule has 0 unspecified atom stereocenters. The third-order valence-electron chi connectivity index (χ3n) is 9.61. The Morgan fingerprint density at radius 3 is 1.94 bits per heavy atom. The van der Waals surface area contributed by atoms with Crippen LogP contribution < -0.4 is 0 Å². The second-order valence-corrected chi connectivity index (χ2v) is 14.2. The van der Waals surface area contributed by atoms with Crippen molar-refractivity contribution >= 4 is 106 Å². The maximum absolute atomic E-state index is 5.62. The summed E-state index contributed by atoms with van der Waals surface area (Å²) in [6, 6.07) is 50.0. The molecule has 0 aliphatic heterocycles. The van der Waals surface area contributed by atoms with E-state index in [0.29, 0.717) is 5.95 Å². The van der Waals surface area contributed by atoms with Crippen LogP contribution in [0, 0.1) is 0 Å². The summed E-state index contributed by atoms with van der Waals surface area (Å²) in [4.78, 5) is 11.2. The van der Waals surface area contributed by atoms with Gasteiger partial charge in [0.25, 0.3) is 0 Å². The highest BCUT2D eigenvalue weighted by Crippen LogP contribution is 2.49. The first-order chi connectivity index (χ1) is 23.3. The van der Waals surface area contributed by atoms with Crippen molar-refractivity contribution in [2.75, 3.05) is 0 Å². The Kier molecular flexibility index (Phi) is 5.14. The van der Waals surface area contributed by atoms with E-state index in [1.165, 1.54) is 62.0 Å². The van der Waals surface area contributed by atoms with E-state index in [-0.39, 0.29) is 0 Å². The second kappa shape index (κ2) is 9.46. The second-order valence-electron chi connectivity index (χ2n) is 12.1. The Hall–Kier alpha value is -5.62. The lowest BCUT2D eigenvalue weighted by atomic mass is 9.93. The van der Waals surface area contributed by atoms with Crippen LogP contribution in [0.4, 0.5) is 0 Å². The van der Waals surface area contributed by atoms with Crippen LogP contribution in [0.3, 0.4) is 0 Å². The van der Waals surface area contributed by atoms with Crippen LogP contribution in [-0.4, -0.2) is 14.5 Å². The molecule has 0 fully saturated rings. The fraction of sp³-hybridized carbons (Fsp3) is 0. The molecular weight excluding hydrogens is 611 g/mol. The molecular formula is C42H23N3S2. The molecule has 4 heterocycles. The molecule has 0 saturated carbocycles. The molecule has 3 nitrogen and oxygen atoms in total. The molecule has 218 valence electrons. The number of hydrogen-bond acceptors (Lipinski definition) is 4. The molecule has 0 aliphatic carbocycles. The molecule has 0 aliphatic rings. The van der Waals surface area contributed by atoms with Gasteiger partial charge in [-0.15, -0.1) is 22.7 Å². The van der Waals surface area contributed by atoms with Crippen molar-refractivity contribution in [1.29, 1.82) is 0 Å². The van der Waals surface area contributed by atoms with Gasteiger partial charge in [-0.05, 0) is 39.1 Å². The normalized spacial score (nSPS) is 12.3. The van der Waals surface area contributed by atoms with Crippen LogP contribution in [0.1, 0.15) is 0 Å². The van der Waals surface area contributed by atoms with E-state index in [0.717, 1.165) is 33.1 Å². The molecule has 4 aromatic heterocycles. The zero-order valence-corrected chi connectivity index (χ0v) is 26.6. The first kappa shape index (κ1) is 25.6. The zero-order chi connectivity index (χ0) is 30.6. The molecule has 0 N–H and O–H groups in total. The average Bonchev–Trinajstić information content (AvgIpc) is 3.78. The van der Waals surface area contributed by atoms with E-state index in [1.807, 2.05) is 22.7 Å². The van der Waals surface area contributed by atoms with E-state index < -0.39 is 0 Å². The number of para-hydroxylation sites is 1. The summed E-state index contributed by atoms with van der Waals surface area (Å²) in [5.41, 5.74) is 5.36. The summed E-state index contributed by atoms with van der Waals surface area (Å²) < 4.78 is 7.55. The van der Waals surface area contributed by atoms with E-state index >= 15 is 0 Å². The van der Waals surface area contributed by atoms with E-state index in [9.17, 15) is 0 Å². The Balaban J connectivity index is 1.38. The minimum Gasteiger partial charge on any atom is -0.276 e. The van der Waals surface area contributed by atoms with Gasteiger partial charge in [-0.1, -0.05) is 127 Å². The maximum atomic E-state index is 5.62. The summed E-state index contributed by atoms with van der Waals surface area (Å²) in [6.07, 6.45) is 0. The summed E-state index contributed by atoms with van der Waals surface area (Å²) in [7, 11) is 0. The molecule has 5 heteroatoms. The van der Waals surface area contributed by atoms with Crippen molar-refractivity contribution in [3.63, 3.8) is 0 Å². The van der Waals surface area contributed by atoms with Gasteiger partial charge in [0.05, 0.1) is 36.3 Å². The standard InChI is InChI=1S/C42H23N3S2/c1-2-14-25-24(12-1)13-11-21-29(25)36-35-28-17-5-3-15-26(28)27-16-4-6-18-30(27)37(35)44-42(43-36)45-33-22-9-7-19-31(33)39-38(45)41-40(47-39)32-20-8-10-23-34(32)46-41/h1-23H. The van der Waals surface area contributed by atoms with Crippen molar-refractivity contribution in [3.05, 3.63) is 140 Å².